The fraction of sp³-hybridized carbons (Fsp3) is 0.440. The van der Waals surface area contributed by atoms with E-state index in [1.54, 1.807) is 24.3 Å². The molecule has 162 valence electrons. The molecule has 0 aliphatic carbocycles. The van der Waals surface area contributed by atoms with Crippen LogP contribution in [0.25, 0.3) is 11.1 Å². The van der Waals surface area contributed by atoms with Crippen molar-refractivity contribution in [1.82, 2.24) is 0 Å². The average Bonchev–Trinajstić information content (AvgIpc) is 2.80. The van der Waals surface area contributed by atoms with Crippen molar-refractivity contribution < 1.29 is 23.8 Å². The van der Waals surface area contributed by atoms with Crippen LogP contribution in [0.4, 0.5) is 0 Å². The summed E-state index contributed by atoms with van der Waals surface area (Å²) < 4.78 is 15.5. The van der Waals surface area contributed by atoms with E-state index in [0.717, 1.165) is 24.0 Å². The van der Waals surface area contributed by atoms with Crippen molar-refractivity contribution >= 4 is 11.9 Å². The summed E-state index contributed by atoms with van der Waals surface area (Å²) in [6, 6.07) is 12.5. The van der Waals surface area contributed by atoms with E-state index >= 15 is 0 Å². The Morgan fingerprint density at radius 2 is 1.33 bits per heavy atom. The molecule has 0 aliphatic rings. The monoisotopic (exact) mass is 412 g/mol. The highest BCUT2D eigenvalue weighted by Gasteiger charge is 2.15. The second-order valence-electron chi connectivity index (χ2n) is 7.24. The number of unbranched alkanes of at least 4 members (excludes halogenated alkanes) is 6. The molecule has 0 amide bonds. The molecule has 0 aromatic heterocycles. The van der Waals surface area contributed by atoms with Gasteiger partial charge in [-0.1, -0.05) is 63.6 Å². The Morgan fingerprint density at radius 3 is 1.97 bits per heavy atom. The van der Waals surface area contributed by atoms with Crippen LogP contribution in [0.2, 0.25) is 0 Å². The van der Waals surface area contributed by atoms with E-state index < -0.39 is 5.97 Å². The van der Waals surface area contributed by atoms with Gasteiger partial charge in [-0.2, -0.15) is 0 Å². The molecule has 5 nitrogen and oxygen atoms in total. The molecule has 0 unspecified atom stereocenters. The van der Waals surface area contributed by atoms with E-state index in [0.29, 0.717) is 23.5 Å². The summed E-state index contributed by atoms with van der Waals surface area (Å²) in [6.45, 7) is 2.79. The van der Waals surface area contributed by atoms with Gasteiger partial charge in [-0.05, 0) is 41.8 Å². The van der Waals surface area contributed by atoms with Crippen molar-refractivity contribution in [2.24, 2.45) is 0 Å². The quantitative estimate of drug-likeness (QED) is 0.313. The number of methoxy groups -OCH3 is 2. The van der Waals surface area contributed by atoms with Crippen LogP contribution in [0.1, 0.15) is 72.6 Å². The molecule has 0 heterocycles. The number of benzene rings is 2. The molecule has 2 rings (SSSR count). The number of ether oxygens (including phenoxy) is 3. The number of hydrogen-bond donors (Lipinski definition) is 0. The second-order valence-corrected chi connectivity index (χ2v) is 7.24. The molecular formula is C25H32O5. The van der Waals surface area contributed by atoms with Crippen LogP contribution in [0, 0.1) is 0 Å². The average molecular weight is 413 g/mol. The van der Waals surface area contributed by atoms with Crippen LogP contribution in [0.3, 0.4) is 0 Å². The maximum absolute atomic E-state index is 12.3. The van der Waals surface area contributed by atoms with Crippen molar-refractivity contribution in [3.8, 4) is 16.9 Å². The van der Waals surface area contributed by atoms with Gasteiger partial charge in [0.15, 0.2) is 0 Å². The number of rotatable bonds is 12. The topological polar surface area (TPSA) is 61.8 Å². The van der Waals surface area contributed by atoms with Gasteiger partial charge in [-0.15, -0.1) is 0 Å². The standard InChI is InChI=1S/C25H32O5/c1-4-5-6-7-8-9-10-17-30-23-16-15-21(18-22(23)25(27)29-3)19-11-13-20(14-12-19)24(26)28-2/h11-16,18H,4-10,17H2,1-3H3. The normalized spacial score (nSPS) is 10.5. The first-order valence-corrected chi connectivity index (χ1v) is 10.6. The van der Waals surface area contributed by atoms with Gasteiger partial charge in [0.05, 0.1) is 26.4 Å². The van der Waals surface area contributed by atoms with Gasteiger partial charge in [0.2, 0.25) is 0 Å². The summed E-state index contributed by atoms with van der Waals surface area (Å²) in [5.41, 5.74) is 2.60. The Labute approximate surface area is 179 Å². The Bertz CT molecular complexity index is 811. The highest BCUT2D eigenvalue weighted by atomic mass is 16.5. The minimum Gasteiger partial charge on any atom is -0.493 e. The first kappa shape index (κ1) is 23.5. The predicted octanol–water partition coefficient (Wildman–Crippen LogP) is 6.06. The van der Waals surface area contributed by atoms with Gasteiger partial charge in [0, 0.05) is 0 Å². The molecular weight excluding hydrogens is 380 g/mol. The van der Waals surface area contributed by atoms with Crippen molar-refractivity contribution in [3.63, 3.8) is 0 Å². The second kappa shape index (κ2) is 12.7. The van der Waals surface area contributed by atoms with Crippen molar-refractivity contribution in [1.29, 1.82) is 0 Å². The number of esters is 2. The van der Waals surface area contributed by atoms with E-state index in [9.17, 15) is 9.59 Å². The van der Waals surface area contributed by atoms with Crippen LogP contribution in [-0.2, 0) is 9.47 Å². The van der Waals surface area contributed by atoms with Crippen LogP contribution in [0.5, 0.6) is 5.75 Å². The molecule has 0 fully saturated rings. The van der Waals surface area contributed by atoms with Crippen molar-refractivity contribution in [2.75, 3.05) is 20.8 Å². The zero-order valence-electron chi connectivity index (χ0n) is 18.2. The summed E-state index contributed by atoms with van der Waals surface area (Å²) in [5, 5.41) is 0. The van der Waals surface area contributed by atoms with Gasteiger partial charge in [0.25, 0.3) is 0 Å². The maximum atomic E-state index is 12.3. The summed E-state index contributed by atoms with van der Waals surface area (Å²) in [5.74, 6) is -0.286. The third-order valence-corrected chi connectivity index (χ3v) is 5.03. The van der Waals surface area contributed by atoms with Crippen LogP contribution < -0.4 is 4.74 Å². The van der Waals surface area contributed by atoms with E-state index in [1.165, 1.54) is 46.3 Å². The third-order valence-electron chi connectivity index (χ3n) is 5.03. The Hall–Kier alpha value is -2.82. The third kappa shape index (κ3) is 6.90. The highest BCUT2D eigenvalue weighted by molar-refractivity contribution is 5.94. The lowest BCUT2D eigenvalue weighted by Crippen LogP contribution is -2.07. The van der Waals surface area contributed by atoms with Gasteiger partial charge >= 0.3 is 11.9 Å². The maximum Gasteiger partial charge on any atom is 0.341 e. The predicted molar refractivity (Wildman–Crippen MR) is 118 cm³/mol. The first-order valence-electron chi connectivity index (χ1n) is 10.6. The molecule has 0 aliphatic heterocycles. The van der Waals surface area contributed by atoms with Crippen LogP contribution in [0.15, 0.2) is 42.5 Å². The fourth-order valence-electron chi connectivity index (χ4n) is 3.26. The molecule has 30 heavy (non-hydrogen) atoms. The van der Waals surface area contributed by atoms with Crippen molar-refractivity contribution in [3.05, 3.63) is 53.6 Å². The van der Waals surface area contributed by atoms with Gasteiger partial charge in [0.1, 0.15) is 11.3 Å². The largest absolute Gasteiger partial charge is 0.493 e. The molecule has 0 radical (unpaired) electrons. The van der Waals surface area contributed by atoms with Crippen LogP contribution >= 0.6 is 0 Å². The minimum absolute atomic E-state index is 0.383. The lowest BCUT2D eigenvalue weighted by atomic mass is 10.0. The molecule has 0 N–H and O–H groups in total. The van der Waals surface area contributed by atoms with Gasteiger partial charge in [-0.3, -0.25) is 0 Å². The van der Waals surface area contributed by atoms with E-state index in [4.69, 9.17) is 14.2 Å². The smallest absolute Gasteiger partial charge is 0.341 e. The highest BCUT2D eigenvalue weighted by Crippen LogP contribution is 2.28. The SMILES string of the molecule is CCCCCCCCCOc1ccc(-c2ccc(C(=O)OC)cc2)cc1C(=O)OC. The number of carbonyl (C=O) groups is 2. The summed E-state index contributed by atoms with van der Waals surface area (Å²) in [6.07, 6.45) is 8.43. The lowest BCUT2D eigenvalue weighted by molar-refractivity contribution is 0.0589. The summed E-state index contributed by atoms with van der Waals surface area (Å²) in [4.78, 5) is 23.9. The molecule has 5 heteroatoms. The minimum atomic E-state index is -0.433. The molecule has 2 aromatic carbocycles. The molecule has 0 saturated carbocycles. The molecule has 0 spiro atoms. The van der Waals surface area contributed by atoms with Gasteiger partial charge in [-0.25, -0.2) is 9.59 Å². The fourth-order valence-corrected chi connectivity index (χ4v) is 3.26. The Kier molecular flexibility index (Phi) is 9.92. The number of hydrogen-bond acceptors (Lipinski definition) is 5. The molecule has 0 saturated heterocycles. The molecule has 0 bridgehead atoms. The molecule has 2 aromatic rings. The number of carbonyl (C=O) groups excluding carboxylic acids is 2. The zero-order valence-corrected chi connectivity index (χ0v) is 18.2. The zero-order chi connectivity index (χ0) is 21.8. The van der Waals surface area contributed by atoms with E-state index in [-0.39, 0.29) is 5.97 Å². The summed E-state index contributed by atoms with van der Waals surface area (Å²) in [7, 11) is 2.71. The lowest BCUT2D eigenvalue weighted by Gasteiger charge is -2.12. The Balaban J connectivity index is 2.02. The van der Waals surface area contributed by atoms with E-state index in [1.807, 2.05) is 18.2 Å². The summed E-state index contributed by atoms with van der Waals surface area (Å²) >= 11 is 0. The van der Waals surface area contributed by atoms with Gasteiger partial charge < -0.3 is 14.2 Å². The first-order chi connectivity index (χ1) is 14.6. The van der Waals surface area contributed by atoms with E-state index in [2.05, 4.69) is 6.92 Å². The van der Waals surface area contributed by atoms with Crippen molar-refractivity contribution in [2.45, 2.75) is 51.9 Å². The van der Waals surface area contributed by atoms with Crippen LogP contribution in [-0.4, -0.2) is 32.8 Å². The Morgan fingerprint density at radius 1 is 0.733 bits per heavy atom. The molecule has 0 atom stereocenters.